The first kappa shape index (κ1) is 52.2. The van der Waals surface area contributed by atoms with Crippen LogP contribution >= 0.6 is 7.82 Å². The number of ether oxygens (including phenoxy) is 2. The molecule has 0 aromatic heterocycles. The standard InChI is InChI=1S/C45H76NO8P/c1-3-5-7-9-11-13-15-16-17-18-19-20-21-22-23-24-25-26-28-30-32-34-36-38-45(48)54-43(42-53-55(49,50)52-40-39-46)41-51-44(47)37-35-33-31-29-27-14-12-10-8-6-4-2/h5,7,10-13,16-17,19-20,22-23,25-26,43H,3-4,6,8-9,14-15,18,21,24,27-42,46H2,1-2H3,(H,49,50)/b7-5-,12-10-,13-11-,17-16-,20-19-,23-22-,26-25-. The van der Waals surface area contributed by atoms with E-state index >= 15 is 0 Å². The predicted octanol–water partition coefficient (Wildman–Crippen LogP) is 12.0. The van der Waals surface area contributed by atoms with Gasteiger partial charge in [-0.15, -0.1) is 0 Å². The van der Waals surface area contributed by atoms with Crippen LogP contribution in [-0.2, 0) is 32.7 Å². The van der Waals surface area contributed by atoms with Gasteiger partial charge in [-0.2, -0.15) is 0 Å². The van der Waals surface area contributed by atoms with E-state index in [0.717, 1.165) is 103 Å². The van der Waals surface area contributed by atoms with Gasteiger partial charge < -0.3 is 20.1 Å². The molecule has 0 amide bonds. The zero-order valence-electron chi connectivity index (χ0n) is 34.4. The third-order valence-electron chi connectivity index (χ3n) is 8.27. The molecule has 0 fully saturated rings. The molecule has 9 nitrogen and oxygen atoms in total. The highest BCUT2D eigenvalue weighted by molar-refractivity contribution is 7.47. The SMILES string of the molecule is CC/C=C\C/C=C\C/C=C\C/C=C\C/C=C\C/C=C\CCCCCCC(=O)OC(COC(=O)CCCCCCC/C=C\CCCC)COP(=O)(O)OCCN. The number of allylic oxidation sites excluding steroid dienone is 14. The molecule has 0 aromatic rings. The highest BCUT2D eigenvalue weighted by atomic mass is 31.2. The molecule has 0 rings (SSSR count). The van der Waals surface area contributed by atoms with Crippen molar-refractivity contribution >= 4 is 19.8 Å². The third kappa shape index (κ3) is 40.7. The Bertz CT molecular complexity index is 1170. The molecule has 0 bridgehead atoms. The van der Waals surface area contributed by atoms with Gasteiger partial charge in [0.2, 0.25) is 0 Å². The Morgan fingerprint density at radius 3 is 1.51 bits per heavy atom. The topological polar surface area (TPSA) is 134 Å². The number of phosphoric acid groups is 1. The summed E-state index contributed by atoms with van der Waals surface area (Å²) in [6.45, 7) is 3.51. The van der Waals surface area contributed by atoms with E-state index in [1.807, 2.05) is 0 Å². The molecular weight excluding hydrogens is 713 g/mol. The van der Waals surface area contributed by atoms with Gasteiger partial charge in [-0.3, -0.25) is 18.6 Å². The summed E-state index contributed by atoms with van der Waals surface area (Å²) < 4.78 is 32.7. The largest absolute Gasteiger partial charge is 0.472 e. The lowest BCUT2D eigenvalue weighted by atomic mass is 10.1. The van der Waals surface area contributed by atoms with Gasteiger partial charge in [-0.25, -0.2) is 4.57 Å². The van der Waals surface area contributed by atoms with Crippen LogP contribution in [0.3, 0.4) is 0 Å². The van der Waals surface area contributed by atoms with E-state index in [1.54, 1.807) is 0 Å². The fourth-order valence-electron chi connectivity index (χ4n) is 5.15. The van der Waals surface area contributed by atoms with Crippen molar-refractivity contribution in [2.45, 2.75) is 161 Å². The normalized spacial score (nSPS) is 14.2. The second-order valence-corrected chi connectivity index (χ2v) is 14.9. The zero-order valence-corrected chi connectivity index (χ0v) is 35.3. The zero-order chi connectivity index (χ0) is 40.3. The number of phosphoric ester groups is 1. The molecule has 2 atom stereocenters. The molecule has 10 heteroatoms. The first-order valence-corrected chi connectivity index (χ1v) is 22.6. The summed E-state index contributed by atoms with van der Waals surface area (Å²) in [6.07, 6.45) is 50.4. The van der Waals surface area contributed by atoms with E-state index in [0.29, 0.717) is 12.8 Å². The number of esters is 2. The van der Waals surface area contributed by atoms with Gasteiger partial charge in [-0.1, -0.05) is 144 Å². The Labute approximate surface area is 334 Å². The van der Waals surface area contributed by atoms with Gasteiger partial charge >= 0.3 is 19.8 Å². The van der Waals surface area contributed by atoms with Crippen molar-refractivity contribution in [3.05, 3.63) is 85.1 Å². The number of carbonyl (C=O) groups excluding carboxylic acids is 2. The number of unbranched alkanes of at least 4 members (excludes halogenated alkanes) is 11. The van der Waals surface area contributed by atoms with Crippen LogP contribution in [-0.4, -0.2) is 49.3 Å². The fraction of sp³-hybridized carbons (Fsp3) is 0.644. The molecule has 0 radical (unpaired) electrons. The monoisotopic (exact) mass is 790 g/mol. The average Bonchev–Trinajstić information content (AvgIpc) is 3.17. The van der Waals surface area contributed by atoms with Crippen molar-refractivity contribution in [1.29, 1.82) is 0 Å². The Morgan fingerprint density at radius 1 is 0.564 bits per heavy atom. The Balaban J connectivity index is 4.23. The first-order chi connectivity index (χ1) is 26.8. The summed E-state index contributed by atoms with van der Waals surface area (Å²) in [5.41, 5.74) is 5.34. The summed E-state index contributed by atoms with van der Waals surface area (Å²) in [4.78, 5) is 34.8. The molecule has 0 aliphatic rings. The smallest absolute Gasteiger partial charge is 0.462 e. The number of hydrogen-bond acceptors (Lipinski definition) is 8. The van der Waals surface area contributed by atoms with Gasteiger partial charge in [0.1, 0.15) is 6.61 Å². The lowest BCUT2D eigenvalue weighted by molar-refractivity contribution is -0.161. The second kappa shape index (κ2) is 40.8. The Hall–Kier alpha value is -2.81. The highest BCUT2D eigenvalue weighted by Gasteiger charge is 2.25. The lowest BCUT2D eigenvalue weighted by Gasteiger charge is -2.19. The molecule has 0 aromatic carbocycles. The number of nitrogens with two attached hydrogens (primary N) is 1. The van der Waals surface area contributed by atoms with Crippen LogP contribution in [0.1, 0.15) is 155 Å². The third-order valence-corrected chi connectivity index (χ3v) is 9.25. The van der Waals surface area contributed by atoms with Gasteiger partial charge in [0.05, 0.1) is 13.2 Å². The van der Waals surface area contributed by atoms with Gasteiger partial charge in [-0.05, 0) is 83.5 Å². The number of rotatable bonds is 38. The molecular formula is C45H76NO8P. The molecule has 314 valence electrons. The minimum absolute atomic E-state index is 0.0431. The lowest BCUT2D eigenvalue weighted by Crippen LogP contribution is -2.29. The van der Waals surface area contributed by atoms with Crippen LogP contribution in [0.25, 0.3) is 0 Å². The number of carbonyl (C=O) groups is 2. The molecule has 0 spiro atoms. The Morgan fingerprint density at radius 2 is 1.00 bits per heavy atom. The fourth-order valence-corrected chi connectivity index (χ4v) is 5.91. The summed E-state index contributed by atoms with van der Waals surface area (Å²) >= 11 is 0. The van der Waals surface area contributed by atoms with Crippen molar-refractivity contribution in [1.82, 2.24) is 0 Å². The highest BCUT2D eigenvalue weighted by Crippen LogP contribution is 2.43. The van der Waals surface area contributed by atoms with Crippen molar-refractivity contribution in [2.75, 3.05) is 26.4 Å². The van der Waals surface area contributed by atoms with Crippen molar-refractivity contribution in [3.63, 3.8) is 0 Å². The van der Waals surface area contributed by atoms with E-state index in [4.69, 9.17) is 24.3 Å². The van der Waals surface area contributed by atoms with Crippen LogP contribution in [0.2, 0.25) is 0 Å². The van der Waals surface area contributed by atoms with E-state index < -0.39 is 32.5 Å². The second-order valence-electron chi connectivity index (χ2n) is 13.5. The molecule has 3 N–H and O–H groups in total. The van der Waals surface area contributed by atoms with Gasteiger partial charge in [0.15, 0.2) is 6.10 Å². The van der Waals surface area contributed by atoms with E-state index in [9.17, 15) is 19.0 Å². The maximum absolute atomic E-state index is 12.6. The van der Waals surface area contributed by atoms with Crippen LogP contribution < -0.4 is 5.73 Å². The van der Waals surface area contributed by atoms with Crippen molar-refractivity contribution < 1.29 is 37.6 Å². The molecule has 0 saturated heterocycles. The van der Waals surface area contributed by atoms with E-state index in [1.165, 1.54) is 12.8 Å². The minimum Gasteiger partial charge on any atom is -0.462 e. The van der Waals surface area contributed by atoms with Crippen LogP contribution in [0.4, 0.5) is 0 Å². The van der Waals surface area contributed by atoms with Gasteiger partial charge in [0.25, 0.3) is 0 Å². The maximum Gasteiger partial charge on any atom is 0.472 e. The van der Waals surface area contributed by atoms with E-state index in [2.05, 4.69) is 98.9 Å². The summed E-state index contributed by atoms with van der Waals surface area (Å²) in [5, 5.41) is 0. The minimum atomic E-state index is -4.39. The van der Waals surface area contributed by atoms with Gasteiger partial charge in [0, 0.05) is 19.4 Å². The summed E-state index contributed by atoms with van der Waals surface area (Å²) in [6, 6.07) is 0. The summed E-state index contributed by atoms with van der Waals surface area (Å²) in [5.74, 6) is -0.879. The van der Waals surface area contributed by atoms with Crippen molar-refractivity contribution in [2.24, 2.45) is 5.73 Å². The van der Waals surface area contributed by atoms with Crippen LogP contribution in [0.5, 0.6) is 0 Å². The van der Waals surface area contributed by atoms with Crippen LogP contribution in [0, 0.1) is 0 Å². The quantitative estimate of drug-likeness (QED) is 0.0271. The maximum atomic E-state index is 12.6. The van der Waals surface area contributed by atoms with E-state index in [-0.39, 0.29) is 32.6 Å². The molecule has 0 saturated carbocycles. The first-order valence-electron chi connectivity index (χ1n) is 21.1. The average molecular weight is 790 g/mol. The van der Waals surface area contributed by atoms with Crippen LogP contribution in [0.15, 0.2) is 85.1 Å². The molecule has 55 heavy (non-hydrogen) atoms. The molecule has 0 aliphatic carbocycles. The predicted molar refractivity (Wildman–Crippen MR) is 229 cm³/mol. The molecule has 0 heterocycles. The molecule has 2 unspecified atom stereocenters. The number of hydrogen-bond donors (Lipinski definition) is 2. The van der Waals surface area contributed by atoms with Crippen molar-refractivity contribution in [3.8, 4) is 0 Å². The molecule has 0 aliphatic heterocycles. The summed E-state index contributed by atoms with van der Waals surface area (Å²) in [7, 11) is -4.39. The Kier molecular flexibility index (Phi) is 38.8.